The number of nitrogens with one attached hydrogen (secondary N) is 1. The minimum Gasteiger partial charge on any atom is -0.393 e. The van der Waals surface area contributed by atoms with Crippen LogP contribution in [0.2, 0.25) is 0 Å². The molecule has 2 unspecified atom stereocenters. The van der Waals surface area contributed by atoms with Gasteiger partial charge < -0.3 is 15.2 Å². The number of carbonyl (C=O) groups is 1. The first-order valence-electron chi connectivity index (χ1n) is 7.28. The Morgan fingerprint density at radius 1 is 1.36 bits per heavy atom. The van der Waals surface area contributed by atoms with Gasteiger partial charge in [0.15, 0.2) is 17.9 Å². The van der Waals surface area contributed by atoms with Gasteiger partial charge in [0.05, 0.1) is 12.8 Å². The molecule has 2 heterocycles. The number of aromatic nitrogens is 2. The summed E-state index contributed by atoms with van der Waals surface area (Å²) in [6, 6.07) is 6.64. The summed E-state index contributed by atoms with van der Waals surface area (Å²) < 4.78 is 21.5. The highest BCUT2D eigenvalue weighted by atomic mass is 127. The van der Waals surface area contributed by atoms with Crippen LogP contribution in [0.4, 0.5) is 10.2 Å². The summed E-state index contributed by atoms with van der Waals surface area (Å²) in [5.41, 5.74) is -0.466. The summed E-state index contributed by atoms with van der Waals surface area (Å²) in [5.74, 6) is -1.90. The van der Waals surface area contributed by atoms with Gasteiger partial charge in [0.25, 0.3) is 5.91 Å². The maximum Gasteiger partial charge on any atom is 0.352 e. The zero-order chi connectivity index (χ0) is 18.0. The average Bonchev–Trinajstić information content (AvgIpc) is 3.07. The molecule has 1 aliphatic rings. The number of anilines is 1. The van der Waals surface area contributed by atoms with Gasteiger partial charge in [0.1, 0.15) is 6.10 Å². The molecule has 1 amide bonds. The van der Waals surface area contributed by atoms with Gasteiger partial charge in [0.2, 0.25) is 0 Å². The predicted molar refractivity (Wildman–Crippen MR) is 95.7 cm³/mol. The Morgan fingerprint density at radius 3 is 2.72 bits per heavy atom. The minimum atomic E-state index is -0.872. The third-order valence-electron chi connectivity index (χ3n) is 3.50. The fraction of sp³-hybridized carbons (Fsp3) is 0.188. The standard InChI is InChI=1S/C16H13FIN3O4/c17-12-7-21(13-6-5-11(8-22)25-13)16(24)20-14(12)19-15(23)9-1-3-10(18)4-2-9/h1-7,11,13,22H,8H2,(H,19,20,23,24). The van der Waals surface area contributed by atoms with Gasteiger partial charge in [-0.05, 0) is 52.9 Å². The Morgan fingerprint density at radius 2 is 2.08 bits per heavy atom. The van der Waals surface area contributed by atoms with Gasteiger partial charge in [-0.3, -0.25) is 9.36 Å². The second kappa shape index (κ2) is 7.42. The number of carbonyl (C=O) groups excluding carboxylic acids is 1. The molecule has 2 aromatic rings. The molecule has 0 spiro atoms. The van der Waals surface area contributed by atoms with Gasteiger partial charge in [-0.25, -0.2) is 9.18 Å². The summed E-state index contributed by atoms with van der Waals surface area (Å²) in [4.78, 5) is 27.8. The molecule has 1 aromatic carbocycles. The molecule has 1 aliphatic heterocycles. The molecule has 130 valence electrons. The second-order valence-electron chi connectivity index (χ2n) is 5.22. The van der Waals surface area contributed by atoms with Crippen LogP contribution in [-0.4, -0.2) is 33.3 Å². The van der Waals surface area contributed by atoms with Crippen molar-refractivity contribution in [2.24, 2.45) is 0 Å². The molecule has 3 rings (SSSR count). The molecular weight excluding hydrogens is 444 g/mol. The zero-order valence-corrected chi connectivity index (χ0v) is 14.9. The van der Waals surface area contributed by atoms with E-state index in [1.165, 1.54) is 6.08 Å². The molecule has 0 bridgehead atoms. The monoisotopic (exact) mass is 457 g/mol. The van der Waals surface area contributed by atoms with Crippen molar-refractivity contribution in [1.82, 2.24) is 9.55 Å². The lowest BCUT2D eigenvalue weighted by Gasteiger charge is -2.15. The Labute approximate surface area is 155 Å². The molecule has 25 heavy (non-hydrogen) atoms. The maximum absolute atomic E-state index is 14.2. The van der Waals surface area contributed by atoms with Crippen molar-refractivity contribution in [2.75, 3.05) is 11.9 Å². The van der Waals surface area contributed by atoms with E-state index in [-0.39, 0.29) is 6.61 Å². The fourth-order valence-electron chi connectivity index (χ4n) is 2.25. The van der Waals surface area contributed by atoms with Crippen LogP contribution in [-0.2, 0) is 4.74 Å². The first-order chi connectivity index (χ1) is 12.0. The van der Waals surface area contributed by atoms with E-state index in [0.29, 0.717) is 5.56 Å². The molecule has 0 aliphatic carbocycles. The van der Waals surface area contributed by atoms with Crippen molar-refractivity contribution in [2.45, 2.75) is 12.3 Å². The molecule has 0 saturated carbocycles. The Kier molecular flexibility index (Phi) is 5.25. The van der Waals surface area contributed by atoms with Crippen molar-refractivity contribution in [1.29, 1.82) is 0 Å². The molecule has 0 saturated heterocycles. The molecule has 7 nitrogen and oxygen atoms in total. The number of ether oxygens (including phenoxy) is 1. The first kappa shape index (κ1) is 17.7. The Hall–Kier alpha value is -2.11. The molecule has 1 aromatic heterocycles. The van der Waals surface area contributed by atoms with Crippen LogP contribution >= 0.6 is 22.6 Å². The van der Waals surface area contributed by atoms with Crippen LogP contribution in [0, 0.1) is 9.39 Å². The van der Waals surface area contributed by atoms with E-state index in [4.69, 9.17) is 9.84 Å². The lowest BCUT2D eigenvalue weighted by molar-refractivity contribution is -0.0106. The summed E-state index contributed by atoms with van der Waals surface area (Å²) >= 11 is 2.10. The van der Waals surface area contributed by atoms with Crippen molar-refractivity contribution in [3.63, 3.8) is 0 Å². The number of amides is 1. The third kappa shape index (κ3) is 3.94. The molecule has 2 atom stereocenters. The normalized spacial score (nSPS) is 19.2. The third-order valence-corrected chi connectivity index (χ3v) is 4.22. The molecular formula is C16H13FIN3O4. The van der Waals surface area contributed by atoms with Crippen LogP contribution in [0.25, 0.3) is 0 Å². The van der Waals surface area contributed by atoms with Crippen LogP contribution < -0.4 is 11.0 Å². The summed E-state index contributed by atoms with van der Waals surface area (Å²) in [6.45, 7) is -0.248. The average molecular weight is 457 g/mol. The maximum atomic E-state index is 14.2. The van der Waals surface area contributed by atoms with Crippen molar-refractivity contribution in [3.05, 3.63) is 68.0 Å². The Bertz CT molecular complexity index is 882. The van der Waals surface area contributed by atoms with E-state index in [1.54, 1.807) is 30.3 Å². The van der Waals surface area contributed by atoms with Crippen LogP contribution in [0.5, 0.6) is 0 Å². The number of benzene rings is 1. The number of nitrogens with zero attached hydrogens (tertiary/aromatic N) is 2. The highest BCUT2D eigenvalue weighted by Crippen LogP contribution is 2.20. The van der Waals surface area contributed by atoms with Crippen LogP contribution in [0.3, 0.4) is 0 Å². The molecule has 0 fully saturated rings. The Balaban J connectivity index is 1.81. The van der Waals surface area contributed by atoms with Crippen LogP contribution in [0.1, 0.15) is 16.6 Å². The van der Waals surface area contributed by atoms with Crippen molar-refractivity contribution in [3.8, 4) is 0 Å². The quantitative estimate of drug-likeness (QED) is 0.539. The lowest BCUT2D eigenvalue weighted by Crippen LogP contribution is -2.30. The van der Waals surface area contributed by atoms with E-state index in [2.05, 4.69) is 32.9 Å². The van der Waals surface area contributed by atoms with E-state index in [1.807, 2.05) is 0 Å². The highest BCUT2D eigenvalue weighted by Gasteiger charge is 2.23. The van der Waals surface area contributed by atoms with E-state index >= 15 is 0 Å². The van der Waals surface area contributed by atoms with Gasteiger partial charge in [-0.1, -0.05) is 6.08 Å². The predicted octanol–water partition coefficient (Wildman–Crippen LogP) is 1.69. The second-order valence-corrected chi connectivity index (χ2v) is 6.47. The minimum absolute atomic E-state index is 0.248. The van der Waals surface area contributed by atoms with E-state index in [0.717, 1.165) is 14.3 Å². The number of aliphatic hydroxyl groups is 1. The smallest absolute Gasteiger partial charge is 0.352 e. The molecule has 0 radical (unpaired) electrons. The first-order valence-corrected chi connectivity index (χ1v) is 8.36. The SMILES string of the molecule is O=C(Nc1nc(=O)n(C2C=CC(CO)O2)cc1F)c1ccc(I)cc1. The molecule has 9 heteroatoms. The highest BCUT2D eigenvalue weighted by molar-refractivity contribution is 14.1. The fourth-order valence-corrected chi connectivity index (χ4v) is 2.61. The number of halogens is 2. The van der Waals surface area contributed by atoms with Crippen molar-refractivity contribution >= 4 is 34.3 Å². The van der Waals surface area contributed by atoms with Gasteiger partial charge in [-0.2, -0.15) is 4.98 Å². The summed E-state index contributed by atoms with van der Waals surface area (Å²) in [6.07, 6.45) is 2.59. The number of rotatable bonds is 4. The van der Waals surface area contributed by atoms with Gasteiger partial charge in [0, 0.05) is 9.13 Å². The largest absolute Gasteiger partial charge is 0.393 e. The lowest BCUT2D eigenvalue weighted by atomic mass is 10.2. The topological polar surface area (TPSA) is 93.5 Å². The van der Waals surface area contributed by atoms with E-state index in [9.17, 15) is 14.0 Å². The van der Waals surface area contributed by atoms with Crippen molar-refractivity contribution < 1.29 is 19.0 Å². The zero-order valence-electron chi connectivity index (χ0n) is 12.7. The van der Waals surface area contributed by atoms with Crippen LogP contribution in [0.15, 0.2) is 47.4 Å². The molecule has 2 N–H and O–H groups in total. The number of hydrogen-bond donors (Lipinski definition) is 2. The summed E-state index contributed by atoms with van der Waals surface area (Å²) in [7, 11) is 0. The van der Waals surface area contributed by atoms with Gasteiger partial charge >= 0.3 is 5.69 Å². The summed E-state index contributed by atoms with van der Waals surface area (Å²) in [5, 5.41) is 11.3. The van der Waals surface area contributed by atoms with E-state index < -0.39 is 35.6 Å². The van der Waals surface area contributed by atoms with Gasteiger partial charge in [-0.15, -0.1) is 0 Å². The number of hydrogen-bond acceptors (Lipinski definition) is 5. The number of aliphatic hydroxyl groups excluding tert-OH is 1.